The Morgan fingerprint density at radius 1 is 1.11 bits per heavy atom. The van der Waals surface area contributed by atoms with E-state index in [0.717, 1.165) is 58.2 Å². The molecule has 1 aromatic carbocycles. The molecule has 0 radical (unpaired) electrons. The highest BCUT2D eigenvalue weighted by Gasteiger charge is 2.28. The first kappa shape index (κ1) is 23.4. The number of carbonyl (C=O) groups excluding carboxylic acids is 1. The first-order chi connectivity index (χ1) is 16.9. The number of aliphatic hydroxyl groups is 1. The zero-order chi connectivity index (χ0) is 24.5. The van der Waals surface area contributed by atoms with Crippen molar-refractivity contribution in [2.45, 2.75) is 50.7 Å². The Kier molecular flexibility index (Phi) is 6.53. The molecule has 1 saturated carbocycles. The fourth-order valence-corrected chi connectivity index (χ4v) is 5.23. The number of hydrogen-bond acceptors (Lipinski definition) is 6. The van der Waals surface area contributed by atoms with Crippen LogP contribution in [0.25, 0.3) is 28.0 Å². The number of rotatable bonds is 5. The van der Waals surface area contributed by atoms with E-state index in [4.69, 9.17) is 10.7 Å². The molecule has 3 heterocycles. The number of carbonyl (C=O) groups is 1. The van der Waals surface area contributed by atoms with Gasteiger partial charge in [-0.15, -0.1) is 0 Å². The van der Waals surface area contributed by atoms with Gasteiger partial charge in [0.25, 0.3) is 0 Å². The Morgan fingerprint density at radius 2 is 1.86 bits per heavy atom. The summed E-state index contributed by atoms with van der Waals surface area (Å²) in [6.45, 7) is 1.48. The largest absolute Gasteiger partial charge is 0.384 e. The molecule has 0 saturated heterocycles. The van der Waals surface area contributed by atoms with Crippen molar-refractivity contribution in [1.82, 2.24) is 24.9 Å². The minimum Gasteiger partial charge on any atom is -0.384 e. The lowest BCUT2D eigenvalue weighted by atomic mass is 9.84. The molecule has 1 aliphatic carbocycles. The van der Waals surface area contributed by atoms with E-state index in [9.17, 15) is 9.90 Å². The lowest BCUT2D eigenvalue weighted by Gasteiger charge is -2.29. The van der Waals surface area contributed by atoms with Crippen molar-refractivity contribution < 1.29 is 9.90 Å². The second-order valence-corrected chi connectivity index (χ2v) is 9.81. The van der Waals surface area contributed by atoms with Crippen LogP contribution in [0.5, 0.6) is 0 Å². The zero-order valence-corrected chi connectivity index (χ0v) is 20.9. The average Bonchev–Trinajstić information content (AvgIpc) is 3.31. The van der Waals surface area contributed by atoms with E-state index >= 15 is 0 Å². The standard InChI is InChI=1S/C26H27BrN6O2/c1-15(34)26(35)31-19-10-7-17(8-11-19)23-22(27)24(28)33-25(32-23)20(14-30-33)18-9-12-21(29-13-18)16-5-3-2-4-6-16/h2-6,9,12-15,17,19,34H,7-8,10-11,28H2,1H3,(H,31,35)/t15-,17-,19+/m1/s1. The number of fused-ring (bicyclic) bond motifs is 1. The summed E-state index contributed by atoms with van der Waals surface area (Å²) in [5, 5.41) is 16.9. The van der Waals surface area contributed by atoms with Crippen LogP contribution in [-0.2, 0) is 4.79 Å². The zero-order valence-electron chi connectivity index (χ0n) is 19.4. The van der Waals surface area contributed by atoms with Crippen LogP contribution in [0.4, 0.5) is 5.82 Å². The van der Waals surface area contributed by atoms with Crippen molar-refractivity contribution in [3.05, 3.63) is 65.0 Å². The third-order valence-corrected chi connectivity index (χ3v) is 7.44. The number of hydrogen-bond donors (Lipinski definition) is 3. The van der Waals surface area contributed by atoms with Crippen molar-refractivity contribution in [3.8, 4) is 22.4 Å². The second kappa shape index (κ2) is 9.75. The van der Waals surface area contributed by atoms with E-state index in [2.05, 4.69) is 31.3 Å². The maximum atomic E-state index is 11.8. The summed E-state index contributed by atoms with van der Waals surface area (Å²) in [5.74, 6) is 0.390. The van der Waals surface area contributed by atoms with E-state index in [-0.39, 0.29) is 17.9 Å². The summed E-state index contributed by atoms with van der Waals surface area (Å²) in [7, 11) is 0. The van der Waals surface area contributed by atoms with Gasteiger partial charge in [-0.05, 0) is 54.6 Å². The highest BCUT2D eigenvalue weighted by molar-refractivity contribution is 9.10. The molecule has 3 aromatic heterocycles. The van der Waals surface area contributed by atoms with Crippen LogP contribution in [-0.4, -0.2) is 42.7 Å². The number of pyridine rings is 1. The van der Waals surface area contributed by atoms with Gasteiger partial charge in [-0.2, -0.15) is 9.61 Å². The number of halogens is 1. The molecular weight excluding hydrogens is 508 g/mol. The summed E-state index contributed by atoms with van der Waals surface area (Å²) in [5.41, 5.74) is 11.8. The first-order valence-corrected chi connectivity index (χ1v) is 12.5. The van der Waals surface area contributed by atoms with E-state index in [0.29, 0.717) is 11.5 Å². The highest BCUT2D eigenvalue weighted by Crippen LogP contribution is 2.39. The van der Waals surface area contributed by atoms with Crippen molar-refractivity contribution in [2.75, 3.05) is 5.73 Å². The van der Waals surface area contributed by atoms with Gasteiger partial charge in [-0.3, -0.25) is 9.78 Å². The number of amides is 1. The van der Waals surface area contributed by atoms with Gasteiger partial charge in [0, 0.05) is 34.8 Å². The summed E-state index contributed by atoms with van der Waals surface area (Å²) < 4.78 is 2.41. The molecule has 35 heavy (non-hydrogen) atoms. The minimum absolute atomic E-state index is 0.0629. The number of benzene rings is 1. The molecule has 8 nitrogen and oxygen atoms in total. The molecule has 1 fully saturated rings. The van der Waals surface area contributed by atoms with Gasteiger partial charge < -0.3 is 16.2 Å². The summed E-state index contributed by atoms with van der Waals surface area (Å²) >= 11 is 3.65. The first-order valence-electron chi connectivity index (χ1n) is 11.7. The van der Waals surface area contributed by atoms with Gasteiger partial charge >= 0.3 is 0 Å². The van der Waals surface area contributed by atoms with Crippen molar-refractivity contribution >= 4 is 33.3 Å². The lowest BCUT2D eigenvalue weighted by molar-refractivity contribution is -0.129. The Balaban J connectivity index is 1.42. The van der Waals surface area contributed by atoms with Gasteiger partial charge in [-0.1, -0.05) is 36.4 Å². The Bertz CT molecular complexity index is 1350. The number of nitrogens with two attached hydrogens (primary N) is 1. The minimum atomic E-state index is -0.998. The van der Waals surface area contributed by atoms with Crippen LogP contribution < -0.4 is 11.1 Å². The smallest absolute Gasteiger partial charge is 0.248 e. The van der Waals surface area contributed by atoms with Crippen LogP contribution >= 0.6 is 15.9 Å². The summed E-state index contributed by atoms with van der Waals surface area (Å²) in [6.07, 6.45) is 5.98. The number of nitrogen functional groups attached to an aromatic ring is 1. The Morgan fingerprint density at radius 3 is 2.51 bits per heavy atom. The quantitative estimate of drug-likeness (QED) is 0.350. The Hall–Kier alpha value is -3.30. The normalized spacial score (nSPS) is 18.9. The molecular formula is C26H27BrN6O2. The summed E-state index contributed by atoms with van der Waals surface area (Å²) in [4.78, 5) is 21.5. The van der Waals surface area contributed by atoms with Crippen LogP contribution in [0.15, 0.2) is 59.3 Å². The fraction of sp³-hybridized carbons (Fsp3) is 0.308. The molecule has 0 unspecified atom stereocenters. The van der Waals surface area contributed by atoms with E-state index in [1.165, 1.54) is 6.92 Å². The molecule has 4 N–H and O–H groups in total. The number of nitrogens with one attached hydrogen (secondary N) is 1. The SMILES string of the molecule is C[C@@H](O)C(=O)N[C@H]1CC[C@@H](c2nc3c(-c4ccc(-c5ccccc5)nc4)cnn3c(N)c2Br)CC1. The molecule has 0 spiro atoms. The monoisotopic (exact) mass is 534 g/mol. The van der Waals surface area contributed by atoms with Gasteiger partial charge in [0.2, 0.25) is 5.91 Å². The maximum absolute atomic E-state index is 11.8. The molecule has 1 atom stereocenters. The lowest BCUT2D eigenvalue weighted by Crippen LogP contribution is -2.42. The van der Waals surface area contributed by atoms with E-state index < -0.39 is 6.10 Å². The molecule has 1 aliphatic rings. The number of nitrogens with zero attached hydrogens (tertiary/aromatic N) is 4. The molecule has 4 aromatic rings. The van der Waals surface area contributed by atoms with Crippen LogP contribution in [0.3, 0.4) is 0 Å². The molecule has 0 bridgehead atoms. The molecule has 9 heteroatoms. The van der Waals surface area contributed by atoms with Crippen molar-refractivity contribution in [1.29, 1.82) is 0 Å². The average molecular weight is 535 g/mol. The highest BCUT2D eigenvalue weighted by atomic mass is 79.9. The van der Waals surface area contributed by atoms with Crippen molar-refractivity contribution in [2.24, 2.45) is 0 Å². The van der Waals surface area contributed by atoms with Gasteiger partial charge in [0.05, 0.1) is 22.1 Å². The molecule has 1 amide bonds. The molecule has 5 rings (SSSR count). The van der Waals surface area contributed by atoms with Crippen LogP contribution in [0.1, 0.15) is 44.2 Å². The summed E-state index contributed by atoms with van der Waals surface area (Å²) in [6, 6.07) is 14.1. The predicted octanol–water partition coefficient (Wildman–Crippen LogP) is 4.33. The number of aromatic nitrogens is 4. The number of aliphatic hydroxyl groups excluding tert-OH is 1. The third-order valence-electron chi connectivity index (χ3n) is 6.63. The van der Waals surface area contributed by atoms with Gasteiger partial charge in [0.15, 0.2) is 5.65 Å². The molecule has 0 aliphatic heterocycles. The second-order valence-electron chi connectivity index (χ2n) is 9.02. The van der Waals surface area contributed by atoms with Crippen molar-refractivity contribution in [3.63, 3.8) is 0 Å². The molecule has 180 valence electrons. The van der Waals surface area contributed by atoms with E-state index in [1.54, 1.807) is 10.7 Å². The topological polar surface area (TPSA) is 118 Å². The Labute approximate surface area is 211 Å². The van der Waals surface area contributed by atoms with Gasteiger partial charge in [0.1, 0.15) is 11.9 Å². The van der Waals surface area contributed by atoms with Crippen LogP contribution in [0.2, 0.25) is 0 Å². The van der Waals surface area contributed by atoms with E-state index in [1.807, 2.05) is 48.7 Å². The fourth-order valence-electron chi connectivity index (χ4n) is 4.65. The van der Waals surface area contributed by atoms with Gasteiger partial charge in [-0.25, -0.2) is 4.98 Å². The predicted molar refractivity (Wildman–Crippen MR) is 139 cm³/mol. The van der Waals surface area contributed by atoms with Crippen LogP contribution in [0, 0.1) is 0 Å². The number of anilines is 1. The maximum Gasteiger partial charge on any atom is 0.248 e. The third kappa shape index (κ3) is 4.66.